The molecule has 112 valence electrons. The molecule has 2 aromatic rings. The van der Waals surface area contributed by atoms with Crippen LogP contribution >= 0.6 is 11.8 Å². The van der Waals surface area contributed by atoms with E-state index in [-0.39, 0.29) is 5.54 Å². The van der Waals surface area contributed by atoms with Gasteiger partial charge in [0.25, 0.3) is 0 Å². The average molecular weight is 300 g/mol. The first-order valence-corrected chi connectivity index (χ1v) is 9.20. The Morgan fingerprint density at radius 2 is 2.24 bits per heavy atom. The Hall–Kier alpha value is -0.930. The molecule has 0 saturated carbocycles. The van der Waals surface area contributed by atoms with Crippen molar-refractivity contribution in [3.05, 3.63) is 30.0 Å². The predicted molar refractivity (Wildman–Crippen MR) is 91.0 cm³/mol. The van der Waals surface area contributed by atoms with Gasteiger partial charge in [-0.05, 0) is 31.7 Å². The summed E-state index contributed by atoms with van der Waals surface area (Å²) in [6.07, 6.45) is 3.99. The van der Waals surface area contributed by atoms with E-state index >= 15 is 0 Å². The number of nitrogens with one attached hydrogen (secondary N) is 1. The number of para-hydroxylation sites is 1. The molecule has 3 heteroatoms. The third-order valence-electron chi connectivity index (χ3n) is 5.36. The van der Waals surface area contributed by atoms with Gasteiger partial charge < -0.3 is 4.98 Å². The van der Waals surface area contributed by atoms with Crippen molar-refractivity contribution in [3.8, 4) is 0 Å². The number of nitrogens with zero attached hydrogens (tertiary/aromatic N) is 1. The number of aromatic amines is 1. The van der Waals surface area contributed by atoms with Crippen LogP contribution in [-0.4, -0.2) is 28.7 Å². The van der Waals surface area contributed by atoms with Gasteiger partial charge in [0.2, 0.25) is 0 Å². The lowest BCUT2D eigenvalue weighted by atomic mass is 9.89. The summed E-state index contributed by atoms with van der Waals surface area (Å²) in [6.45, 7) is 7.27. The van der Waals surface area contributed by atoms with Gasteiger partial charge in [-0.15, -0.1) is 11.8 Å². The molecule has 0 aliphatic carbocycles. The summed E-state index contributed by atoms with van der Waals surface area (Å²) in [6, 6.07) is 8.79. The Kier molecular flexibility index (Phi) is 3.31. The second kappa shape index (κ2) is 5.06. The summed E-state index contributed by atoms with van der Waals surface area (Å²) in [4.78, 5) is 8.01. The van der Waals surface area contributed by atoms with Crippen LogP contribution in [0.3, 0.4) is 0 Å². The third kappa shape index (κ3) is 2.05. The van der Waals surface area contributed by atoms with E-state index in [1.54, 1.807) is 0 Å². The minimum Gasteiger partial charge on any atom is -0.356 e. The van der Waals surface area contributed by atoms with E-state index in [9.17, 15) is 0 Å². The van der Waals surface area contributed by atoms with Crippen molar-refractivity contribution in [2.45, 2.75) is 43.5 Å². The van der Waals surface area contributed by atoms with Crippen LogP contribution < -0.4 is 0 Å². The lowest BCUT2D eigenvalue weighted by molar-refractivity contribution is 0.162. The molecular formula is C18H24N2S. The minimum absolute atomic E-state index is 0.206. The summed E-state index contributed by atoms with van der Waals surface area (Å²) in [5, 5.41) is 1.42. The first-order valence-electron chi connectivity index (χ1n) is 8.21. The number of hydrogen-bond donors (Lipinski definition) is 1. The van der Waals surface area contributed by atoms with Crippen LogP contribution in [0.15, 0.2) is 29.2 Å². The topological polar surface area (TPSA) is 19.0 Å². The van der Waals surface area contributed by atoms with E-state index < -0.39 is 0 Å². The second-order valence-electron chi connectivity index (χ2n) is 6.80. The Morgan fingerprint density at radius 1 is 1.38 bits per heavy atom. The molecule has 1 aromatic carbocycles. The molecule has 3 heterocycles. The minimum atomic E-state index is 0.206. The van der Waals surface area contributed by atoms with Crippen LogP contribution in [0.2, 0.25) is 0 Å². The standard InChI is InChI=1S/C18H24N2S/c1-3-6-13-11-18(2)17-16(21-10-9-20(18)12-13)14-7-4-5-8-15(14)19-17/h4-5,7-8,13,19H,3,6,9-12H2,1-2H3/t13-,18-/m1/s1. The highest BCUT2D eigenvalue weighted by molar-refractivity contribution is 7.99. The quantitative estimate of drug-likeness (QED) is 0.873. The third-order valence-corrected chi connectivity index (χ3v) is 6.46. The van der Waals surface area contributed by atoms with Crippen molar-refractivity contribution >= 4 is 22.7 Å². The molecule has 4 rings (SSSR count). The molecule has 0 unspecified atom stereocenters. The van der Waals surface area contributed by atoms with E-state index in [4.69, 9.17) is 0 Å². The van der Waals surface area contributed by atoms with E-state index in [2.05, 4.69) is 48.0 Å². The SMILES string of the molecule is CCC[C@H]1CN2CCSc3c([nH]c4ccccc34)[C@@]2(C)C1. The molecule has 0 spiro atoms. The van der Waals surface area contributed by atoms with Crippen LogP contribution in [0, 0.1) is 5.92 Å². The smallest absolute Gasteiger partial charge is 0.0598 e. The predicted octanol–water partition coefficient (Wildman–Crippen LogP) is 4.61. The van der Waals surface area contributed by atoms with Gasteiger partial charge in [-0.1, -0.05) is 31.5 Å². The van der Waals surface area contributed by atoms with Gasteiger partial charge in [-0.2, -0.15) is 0 Å². The van der Waals surface area contributed by atoms with Crippen molar-refractivity contribution in [1.29, 1.82) is 0 Å². The molecule has 2 nitrogen and oxygen atoms in total. The highest BCUT2D eigenvalue weighted by Crippen LogP contribution is 2.49. The van der Waals surface area contributed by atoms with Crippen molar-refractivity contribution < 1.29 is 0 Å². The molecule has 1 aromatic heterocycles. The second-order valence-corrected chi connectivity index (χ2v) is 7.91. The Morgan fingerprint density at radius 3 is 3.10 bits per heavy atom. The van der Waals surface area contributed by atoms with Crippen molar-refractivity contribution in [2.24, 2.45) is 5.92 Å². The van der Waals surface area contributed by atoms with Crippen LogP contribution in [0.25, 0.3) is 10.9 Å². The maximum absolute atomic E-state index is 3.77. The molecule has 21 heavy (non-hydrogen) atoms. The Bertz CT molecular complexity index is 662. The fourth-order valence-corrected chi connectivity index (χ4v) is 5.64. The van der Waals surface area contributed by atoms with Crippen molar-refractivity contribution in [1.82, 2.24) is 9.88 Å². The average Bonchev–Trinajstić information content (AvgIpc) is 2.96. The first kappa shape index (κ1) is 13.7. The molecule has 0 amide bonds. The molecule has 0 bridgehead atoms. The summed E-state index contributed by atoms with van der Waals surface area (Å²) in [5.41, 5.74) is 2.99. The lowest BCUT2D eigenvalue weighted by Crippen LogP contribution is -2.39. The molecule has 1 N–H and O–H groups in total. The number of thioether (sulfide) groups is 1. The summed E-state index contributed by atoms with van der Waals surface area (Å²) >= 11 is 2.04. The molecule has 0 radical (unpaired) electrons. The molecule has 2 atom stereocenters. The van der Waals surface area contributed by atoms with Crippen LogP contribution in [0.5, 0.6) is 0 Å². The molecule has 1 saturated heterocycles. The van der Waals surface area contributed by atoms with Gasteiger partial charge in [-0.3, -0.25) is 4.90 Å². The van der Waals surface area contributed by atoms with E-state index in [0.717, 1.165) is 5.92 Å². The summed E-state index contributed by atoms with van der Waals surface area (Å²) < 4.78 is 0. The zero-order valence-electron chi connectivity index (χ0n) is 13.0. The number of benzene rings is 1. The van der Waals surface area contributed by atoms with Crippen LogP contribution in [0.4, 0.5) is 0 Å². The summed E-state index contributed by atoms with van der Waals surface area (Å²) in [7, 11) is 0. The van der Waals surface area contributed by atoms with Crippen molar-refractivity contribution in [2.75, 3.05) is 18.8 Å². The van der Waals surface area contributed by atoms with Crippen LogP contribution in [-0.2, 0) is 5.54 Å². The van der Waals surface area contributed by atoms with Crippen LogP contribution in [0.1, 0.15) is 38.8 Å². The number of H-pyrrole nitrogens is 1. The van der Waals surface area contributed by atoms with Gasteiger partial charge in [0.1, 0.15) is 0 Å². The van der Waals surface area contributed by atoms with E-state index in [1.165, 1.54) is 59.6 Å². The largest absolute Gasteiger partial charge is 0.356 e. The number of fused-ring (bicyclic) bond motifs is 5. The fourth-order valence-electron chi connectivity index (χ4n) is 4.37. The highest BCUT2D eigenvalue weighted by atomic mass is 32.2. The maximum atomic E-state index is 3.77. The zero-order valence-corrected chi connectivity index (χ0v) is 13.8. The Balaban J connectivity index is 1.83. The van der Waals surface area contributed by atoms with Gasteiger partial charge >= 0.3 is 0 Å². The number of hydrogen-bond acceptors (Lipinski definition) is 2. The monoisotopic (exact) mass is 300 g/mol. The maximum Gasteiger partial charge on any atom is 0.0598 e. The molecule has 2 aliphatic rings. The highest BCUT2D eigenvalue weighted by Gasteiger charge is 2.46. The van der Waals surface area contributed by atoms with Gasteiger partial charge in [0, 0.05) is 34.6 Å². The zero-order chi connectivity index (χ0) is 14.4. The lowest BCUT2D eigenvalue weighted by Gasteiger charge is -2.33. The normalized spacial score (nSPS) is 29.3. The van der Waals surface area contributed by atoms with E-state index in [1.807, 2.05) is 11.8 Å². The fraction of sp³-hybridized carbons (Fsp3) is 0.556. The Labute approximate surface area is 131 Å². The molecule has 2 aliphatic heterocycles. The first-order chi connectivity index (χ1) is 10.2. The van der Waals surface area contributed by atoms with Gasteiger partial charge in [0.05, 0.1) is 11.2 Å². The molecular weight excluding hydrogens is 276 g/mol. The molecule has 1 fully saturated rings. The van der Waals surface area contributed by atoms with Crippen molar-refractivity contribution in [3.63, 3.8) is 0 Å². The number of rotatable bonds is 2. The van der Waals surface area contributed by atoms with Gasteiger partial charge in [0.15, 0.2) is 0 Å². The number of aromatic nitrogens is 1. The summed E-state index contributed by atoms with van der Waals surface area (Å²) in [5.74, 6) is 2.07. The van der Waals surface area contributed by atoms with Gasteiger partial charge in [-0.25, -0.2) is 0 Å². The van der Waals surface area contributed by atoms with E-state index in [0.29, 0.717) is 0 Å².